The van der Waals surface area contributed by atoms with Crippen molar-refractivity contribution in [3.8, 4) is 0 Å². The lowest BCUT2D eigenvalue weighted by Gasteiger charge is -2.64. The largest absolute Gasteiger partial charge is 0.393 e. The minimum Gasteiger partial charge on any atom is -0.393 e. The van der Waals surface area contributed by atoms with E-state index in [-0.39, 0.29) is 22.3 Å². The van der Waals surface area contributed by atoms with Crippen molar-refractivity contribution in [1.82, 2.24) is 0 Å². The van der Waals surface area contributed by atoms with Gasteiger partial charge >= 0.3 is 0 Å². The third kappa shape index (κ3) is 3.56. The number of hydrogen-bond acceptors (Lipinski definition) is 1. The van der Waals surface area contributed by atoms with Crippen LogP contribution in [0.25, 0.3) is 0 Å². The van der Waals surface area contributed by atoms with Gasteiger partial charge in [0.1, 0.15) is 0 Å². The van der Waals surface area contributed by atoms with Crippen LogP contribution in [0.5, 0.6) is 0 Å². The Bertz CT molecular complexity index is 816. The molecular formula is C32H54O. The van der Waals surface area contributed by atoms with Gasteiger partial charge in [0.05, 0.1) is 6.10 Å². The maximum absolute atomic E-state index is 10.8. The van der Waals surface area contributed by atoms with Crippen LogP contribution in [0.15, 0.2) is 23.8 Å². The zero-order valence-corrected chi connectivity index (χ0v) is 23.5. The minimum atomic E-state index is -0.141. The Morgan fingerprint density at radius 3 is 2.36 bits per heavy atom. The maximum atomic E-state index is 10.8. The Morgan fingerprint density at radius 1 is 1.06 bits per heavy atom. The molecule has 0 radical (unpaired) electrons. The number of aliphatic hydroxyl groups is 1. The molecule has 0 aromatic carbocycles. The molecule has 4 aliphatic rings. The van der Waals surface area contributed by atoms with E-state index in [1.165, 1.54) is 56.9 Å². The normalized spacial score (nSPS) is 45.5. The topological polar surface area (TPSA) is 20.2 Å². The number of aliphatic hydroxyl groups excluding tert-OH is 1. The van der Waals surface area contributed by atoms with Gasteiger partial charge in [-0.2, -0.15) is 0 Å². The highest BCUT2D eigenvalue weighted by molar-refractivity contribution is 5.32. The van der Waals surface area contributed by atoms with Crippen LogP contribution in [0.3, 0.4) is 0 Å². The van der Waals surface area contributed by atoms with E-state index in [4.69, 9.17) is 0 Å². The molecule has 1 heteroatoms. The number of allylic oxidation sites excluding steroid dienone is 3. The predicted octanol–water partition coefficient (Wildman–Crippen LogP) is 8.97. The van der Waals surface area contributed by atoms with Gasteiger partial charge < -0.3 is 5.11 Å². The van der Waals surface area contributed by atoms with Crippen molar-refractivity contribution in [2.24, 2.45) is 50.7 Å². The van der Waals surface area contributed by atoms with Crippen molar-refractivity contribution in [1.29, 1.82) is 0 Å². The second-order valence-corrected chi connectivity index (χ2v) is 15.0. The first kappa shape index (κ1) is 25.5. The van der Waals surface area contributed by atoms with E-state index in [9.17, 15) is 5.11 Å². The van der Waals surface area contributed by atoms with Gasteiger partial charge in [0.25, 0.3) is 0 Å². The molecule has 4 rings (SSSR count). The monoisotopic (exact) mass is 454 g/mol. The predicted molar refractivity (Wildman–Crippen MR) is 142 cm³/mol. The Morgan fingerprint density at radius 2 is 1.73 bits per heavy atom. The van der Waals surface area contributed by atoms with E-state index < -0.39 is 0 Å². The molecule has 0 unspecified atom stereocenters. The van der Waals surface area contributed by atoms with Crippen LogP contribution in [0.1, 0.15) is 120 Å². The summed E-state index contributed by atoms with van der Waals surface area (Å²) in [5.41, 5.74) is 4.54. The van der Waals surface area contributed by atoms with E-state index >= 15 is 0 Å². The first-order valence-corrected chi connectivity index (χ1v) is 14.2. The molecule has 0 aromatic rings. The fourth-order valence-corrected chi connectivity index (χ4v) is 9.67. The third-order valence-electron chi connectivity index (χ3n) is 12.9. The fourth-order valence-electron chi connectivity index (χ4n) is 9.67. The summed E-state index contributed by atoms with van der Waals surface area (Å²) in [5.74, 6) is 2.97. The Labute approximate surface area is 205 Å². The van der Waals surface area contributed by atoms with Gasteiger partial charge in [-0.25, -0.2) is 0 Å². The Hall–Kier alpha value is -0.560. The first-order chi connectivity index (χ1) is 15.1. The zero-order chi connectivity index (χ0) is 24.6. The quantitative estimate of drug-likeness (QED) is 0.411. The Kier molecular flexibility index (Phi) is 6.17. The van der Waals surface area contributed by atoms with Gasteiger partial charge in [0.15, 0.2) is 0 Å². The molecule has 3 saturated carbocycles. The molecule has 8 atom stereocenters. The first-order valence-electron chi connectivity index (χ1n) is 14.2. The number of hydrogen-bond donors (Lipinski definition) is 1. The maximum Gasteiger partial charge on any atom is 0.0594 e. The van der Waals surface area contributed by atoms with Crippen molar-refractivity contribution in [2.75, 3.05) is 0 Å². The van der Waals surface area contributed by atoms with Crippen molar-refractivity contribution >= 4 is 0 Å². The molecule has 1 N–H and O–H groups in total. The molecule has 33 heavy (non-hydrogen) atoms. The van der Waals surface area contributed by atoms with Crippen molar-refractivity contribution in [3.05, 3.63) is 23.8 Å². The molecule has 0 amide bonds. The second-order valence-electron chi connectivity index (χ2n) is 15.0. The molecular weight excluding hydrogens is 400 g/mol. The lowest BCUT2D eigenvalue weighted by Crippen LogP contribution is -2.57. The molecule has 0 heterocycles. The number of fused-ring (bicyclic) bond motifs is 5. The molecule has 188 valence electrons. The minimum absolute atomic E-state index is 0.0310. The second kappa shape index (κ2) is 7.97. The molecule has 0 aromatic heterocycles. The molecule has 1 nitrogen and oxygen atoms in total. The van der Waals surface area contributed by atoms with E-state index in [1.54, 1.807) is 5.57 Å². The smallest absolute Gasteiger partial charge is 0.0594 e. The van der Waals surface area contributed by atoms with E-state index in [1.807, 2.05) is 0 Å². The highest BCUT2D eigenvalue weighted by Gasteiger charge is 2.65. The lowest BCUT2D eigenvalue weighted by atomic mass is 9.41. The van der Waals surface area contributed by atoms with Gasteiger partial charge in [0.2, 0.25) is 0 Å². The summed E-state index contributed by atoms with van der Waals surface area (Å²) in [7, 11) is 0. The van der Waals surface area contributed by atoms with Gasteiger partial charge in [0, 0.05) is 0 Å². The van der Waals surface area contributed by atoms with Gasteiger partial charge in [-0.1, -0.05) is 79.2 Å². The summed E-state index contributed by atoms with van der Waals surface area (Å²) in [5, 5.41) is 10.8. The van der Waals surface area contributed by atoms with E-state index in [2.05, 4.69) is 75.0 Å². The summed E-state index contributed by atoms with van der Waals surface area (Å²) < 4.78 is 0. The third-order valence-corrected chi connectivity index (χ3v) is 12.9. The summed E-state index contributed by atoms with van der Waals surface area (Å²) in [4.78, 5) is 0. The van der Waals surface area contributed by atoms with Crippen molar-refractivity contribution < 1.29 is 5.11 Å². The Balaban J connectivity index is 1.61. The van der Waals surface area contributed by atoms with Crippen LogP contribution in [-0.2, 0) is 0 Å². The molecule has 0 bridgehead atoms. The summed E-state index contributed by atoms with van der Waals surface area (Å²) in [6, 6.07) is 0. The van der Waals surface area contributed by atoms with Gasteiger partial charge in [-0.15, -0.1) is 0 Å². The highest BCUT2D eigenvalue weighted by atomic mass is 16.3. The van der Waals surface area contributed by atoms with Crippen LogP contribution in [-0.4, -0.2) is 11.2 Å². The molecule has 0 saturated heterocycles. The SMILES string of the molecule is C=C(C)C(C)(C)CC[C@@H](C)[C@H]1CC[C@@]2(C)[C@@H]3CC[C@H]4C(C)(C)[C@@H](O)CC[C@]4(C)C3=CC[C@]12C. The standard InChI is InChI=1S/C32H54O/c1-21(2)28(4,5)17-13-22(3)23-14-19-32(10)25-11-12-26-29(6,7)27(33)16-18-30(26,8)24(25)15-20-31(23,32)9/h15,22-23,25-27,33H,1,11-14,16-20H2,2-10H3/t22-,23-,25-,26+,27+,30-,31-,32+/m1/s1. The molecule has 4 aliphatic carbocycles. The fraction of sp³-hybridized carbons (Fsp3) is 0.875. The summed E-state index contributed by atoms with van der Waals surface area (Å²) in [6.45, 7) is 26.4. The summed E-state index contributed by atoms with van der Waals surface area (Å²) in [6.07, 6.45) is 14.0. The zero-order valence-electron chi connectivity index (χ0n) is 23.5. The van der Waals surface area contributed by atoms with Crippen molar-refractivity contribution in [3.63, 3.8) is 0 Å². The van der Waals surface area contributed by atoms with Crippen LogP contribution >= 0.6 is 0 Å². The lowest BCUT2D eigenvalue weighted by molar-refractivity contribution is -0.118. The average molecular weight is 455 g/mol. The van der Waals surface area contributed by atoms with E-state index in [0.29, 0.717) is 16.7 Å². The van der Waals surface area contributed by atoms with Gasteiger partial charge in [-0.3, -0.25) is 0 Å². The highest BCUT2D eigenvalue weighted by Crippen LogP contribution is 2.73. The van der Waals surface area contributed by atoms with Crippen LogP contribution in [0.2, 0.25) is 0 Å². The summed E-state index contributed by atoms with van der Waals surface area (Å²) >= 11 is 0. The molecule has 3 fully saturated rings. The average Bonchev–Trinajstić information content (AvgIpc) is 3.01. The van der Waals surface area contributed by atoms with Crippen LogP contribution in [0, 0.1) is 50.7 Å². The van der Waals surface area contributed by atoms with Crippen molar-refractivity contribution in [2.45, 2.75) is 126 Å². The number of rotatable bonds is 5. The van der Waals surface area contributed by atoms with Crippen LogP contribution < -0.4 is 0 Å². The van der Waals surface area contributed by atoms with E-state index in [0.717, 1.165) is 24.2 Å². The van der Waals surface area contributed by atoms with Crippen LogP contribution in [0.4, 0.5) is 0 Å². The molecule has 0 spiro atoms. The van der Waals surface area contributed by atoms with Gasteiger partial charge in [-0.05, 0) is 115 Å². The molecule has 0 aliphatic heterocycles.